The highest BCUT2D eigenvalue weighted by molar-refractivity contribution is 9.09. The Morgan fingerprint density at radius 3 is 1.73 bits per heavy atom. The number of rotatable bonds is 2. The summed E-state index contributed by atoms with van der Waals surface area (Å²) in [5, 5.41) is 1.65. The first kappa shape index (κ1) is 9.96. The highest BCUT2D eigenvalue weighted by atomic mass is 79.9. The molecule has 1 aliphatic heterocycles. The number of hydrogen-bond acceptors (Lipinski definition) is 2. The maximum Gasteiger partial charge on any atom is 0.163 e. The van der Waals surface area contributed by atoms with Gasteiger partial charge in [0.1, 0.15) is 0 Å². The van der Waals surface area contributed by atoms with Gasteiger partial charge in [-0.1, -0.05) is 31.9 Å². The van der Waals surface area contributed by atoms with Gasteiger partial charge in [-0.05, 0) is 13.8 Å². The van der Waals surface area contributed by atoms with Gasteiger partial charge >= 0.3 is 0 Å². The zero-order valence-corrected chi connectivity index (χ0v) is 9.81. The summed E-state index contributed by atoms with van der Waals surface area (Å²) in [4.78, 5) is 0. The molecule has 1 fully saturated rings. The van der Waals surface area contributed by atoms with Crippen molar-refractivity contribution >= 4 is 31.9 Å². The molecular formula is C7H12Br2O2. The van der Waals surface area contributed by atoms with Gasteiger partial charge in [0.05, 0.1) is 12.2 Å². The third-order valence-electron chi connectivity index (χ3n) is 1.59. The standard InChI is InChI=1S/C7H12Br2O2/c1-7(2)10-5(3-8)6(4-9)11-7/h5-6H,3-4H2,1-2H3/t5-,6+. The van der Waals surface area contributed by atoms with Crippen molar-refractivity contribution in [1.82, 2.24) is 0 Å². The number of hydrogen-bond donors (Lipinski definition) is 0. The Balaban J connectivity index is 2.55. The van der Waals surface area contributed by atoms with Crippen LogP contribution in [0, 0.1) is 0 Å². The van der Waals surface area contributed by atoms with E-state index in [2.05, 4.69) is 31.9 Å². The summed E-state index contributed by atoms with van der Waals surface area (Å²) < 4.78 is 11.2. The summed E-state index contributed by atoms with van der Waals surface area (Å²) >= 11 is 6.77. The van der Waals surface area contributed by atoms with Gasteiger partial charge in [0.25, 0.3) is 0 Å². The molecule has 1 heterocycles. The molecule has 4 heteroatoms. The van der Waals surface area contributed by atoms with E-state index in [1.165, 1.54) is 0 Å². The van der Waals surface area contributed by atoms with Crippen molar-refractivity contribution in [1.29, 1.82) is 0 Å². The zero-order valence-electron chi connectivity index (χ0n) is 6.64. The molecule has 66 valence electrons. The Kier molecular flexibility index (Phi) is 3.38. The van der Waals surface area contributed by atoms with Crippen molar-refractivity contribution in [2.24, 2.45) is 0 Å². The van der Waals surface area contributed by atoms with Crippen LogP contribution in [0.5, 0.6) is 0 Å². The third-order valence-corrected chi connectivity index (χ3v) is 2.87. The molecule has 0 aromatic carbocycles. The van der Waals surface area contributed by atoms with Crippen LogP contribution >= 0.6 is 31.9 Å². The zero-order chi connectivity index (χ0) is 8.48. The molecule has 0 aliphatic carbocycles. The largest absolute Gasteiger partial charge is 0.344 e. The normalized spacial score (nSPS) is 36.0. The Hall–Kier alpha value is 0.880. The smallest absolute Gasteiger partial charge is 0.163 e. The van der Waals surface area contributed by atoms with Gasteiger partial charge in [-0.15, -0.1) is 0 Å². The van der Waals surface area contributed by atoms with E-state index in [0.29, 0.717) is 0 Å². The van der Waals surface area contributed by atoms with Crippen LogP contribution in [0.4, 0.5) is 0 Å². The van der Waals surface area contributed by atoms with Crippen LogP contribution in [-0.2, 0) is 9.47 Å². The highest BCUT2D eigenvalue weighted by Crippen LogP contribution is 2.29. The van der Waals surface area contributed by atoms with Gasteiger partial charge in [0.15, 0.2) is 5.79 Å². The van der Waals surface area contributed by atoms with Gasteiger partial charge in [-0.3, -0.25) is 0 Å². The molecule has 0 radical (unpaired) electrons. The van der Waals surface area contributed by atoms with Gasteiger partial charge in [0.2, 0.25) is 0 Å². The number of ether oxygens (including phenoxy) is 2. The Morgan fingerprint density at radius 1 is 1.09 bits per heavy atom. The molecule has 2 atom stereocenters. The van der Waals surface area contributed by atoms with E-state index in [1.807, 2.05) is 13.8 Å². The molecule has 0 aromatic rings. The minimum atomic E-state index is -0.420. The molecule has 0 saturated carbocycles. The molecule has 11 heavy (non-hydrogen) atoms. The quantitative estimate of drug-likeness (QED) is 0.726. The van der Waals surface area contributed by atoms with Gasteiger partial charge < -0.3 is 9.47 Å². The average molecular weight is 288 g/mol. The van der Waals surface area contributed by atoms with E-state index in [-0.39, 0.29) is 12.2 Å². The number of halogens is 2. The molecule has 1 rings (SSSR count). The van der Waals surface area contributed by atoms with Crippen molar-refractivity contribution in [3.8, 4) is 0 Å². The fourth-order valence-electron chi connectivity index (χ4n) is 1.17. The van der Waals surface area contributed by atoms with Crippen LogP contribution in [0.15, 0.2) is 0 Å². The Morgan fingerprint density at radius 2 is 1.45 bits per heavy atom. The molecule has 0 N–H and O–H groups in total. The van der Waals surface area contributed by atoms with Crippen LogP contribution in [0.3, 0.4) is 0 Å². The summed E-state index contributed by atoms with van der Waals surface area (Å²) in [7, 11) is 0. The molecule has 0 amide bonds. The molecule has 0 bridgehead atoms. The fourth-order valence-corrected chi connectivity index (χ4v) is 2.27. The second kappa shape index (κ2) is 3.73. The van der Waals surface area contributed by atoms with E-state index in [1.54, 1.807) is 0 Å². The maximum absolute atomic E-state index is 5.60. The predicted molar refractivity (Wildman–Crippen MR) is 51.4 cm³/mol. The summed E-state index contributed by atoms with van der Waals surface area (Å²) in [5.74, 6) is -0.420. The minimum Gasteiger partial charge on any atom is -0.344 e. The predicted octanol–water partition coefficient (Wildman–Crippen LogP) is 2.30. The van der Waals surface area contributed by atoms with E-state index in [9.17, 15) is 0 Å². The third kappa shape index (κ3) is 2.41. The van der Waals surface area contributed by atoms with Crippen molar-refractivity contribution < 1.29 is 9.47 Å². The lowest BCUT2D eigenvalue weighted by molar-refractivity contribution is -0.142. The molecule has 0 aromatic heterocycles. The molecule has 2 nitrogen and oxygen atoms in total. The van der Waals surface area contributed by atoms with Crippen molar-refractivity contribution in [3.63, 3.8) is 0 Å². The summed E-state index contributed by atoms with van der Waals surface area (Å²) in [6.45, 7) is 3.87. The fraction of sp³-hybridized carbons (Fsp3) is 1.00. The molecule has 1 saturated heterocycles. The maximum atomic E-state index is 5.60. The van der Waals surface area contributed by atoms with Gasteiger partial charge in [-0.2, -0.15) is 0 Å². The first-order valence-electron chi connectivity index (χ1n) is 3.56. The lowest BCUT2D eigenvalue weighted by atomic mass is 10.3. The Labute approximate surface area is 83.9 Å². The van der Waals surface area contributed by atoms with Crippen LogP contribution in [0.2, 0.25) is 0 Å². The first-order valence-corrected chi connectivity index (χ1v) is 5.81. The SMILES string of the molecule is CC1(C)O[C@@H](CBr)[C@@H](CBr)O1. The molecular weight excluding hydrogens is 276 g/mol. The first-order chi connectivity index (χ1) is 5.09. The monoisotopic (exact) mass is 286 g/mol. The lowest BCUT2D eigenvalue weighted by Crippen LogP contribution is -2.24. The van der Waals surface area contributed by atoms with E-state index in [0.717, 1.165) is 10.7 Å². The van der Waals surface area contributed by atoms with Crippen molar-refractivity contribution in [2.45, 2.75) is 31.8 Å². The molecule has 0 unspecified atom stereocenters. The van der Waals surface area contributed by atoms with Crippen molar-refractivity contribution in [3.05, 3.63) is 0 Å². The van der Waals surface area contributed by atoms with E-state index >= 15 is 0 Å². The minimum absolute atomic E-state index is 0.171. The van der Waals surface area contributed by atoms with Crippen LogP contribution in [0.25, 0.3) is 0 Å². The van der Waals surface area contributed by atoms with E-state index < -0.39 is 5.79 Å². The Bertz CT molecular complexity index is 124. The van der Waals surface area contributed by atoms with Crippen LogP contribution < -0.4 is 0 Å². The summed E-state index contributed by atoms with van der Waals surface area (Å²) in [6.07, 6.45) is 0.341. The average Bonchev–Trinajstić information content (AvgIpc) is 2.25. The summed E-state index contributed by atoms with van der Waals surface area (Å²) in [5.41, 5.74) is 0. The van der Waals surface area contributed by atoms with E-state index in [4.69, 9.17) is 9.47 Å². The molecule has 1 aliphatic rings. The van der Waals surface area contributed by atoms with Gasteiger partial charge in [0, 0.05) is 10.7 Å². The van der Waals surface area contributed by atoms with Crippen LogP contribution in [-0.4, -0.2) is 28.7 Å². The molecule has 0 spiro atoms. The highest BCUT2D eigenvalue weighted by Gasteiger charge is 2.39. The van der Waals surface area contributed by atoms with Crippen LogP contribution in [0.1, 0.15) is 13.8 Å². The topological polar surface area (TPSA) is 18.5 Å². The van der Waals surface area contributed by atoms with Gasteiger partial charge in [-0.25, -0.2) is 0 Å². The van der Waals surface area contributed by atoms with Crippen molar-refractivity contribution in [2.75, 3.05) is 10.7 Å². The summed E-state index contributed by atoms with van der Waals surface area (Å²) in [6, 6.07) is 0. The number of alkyl halides is 2. The second-order valence-corrected chi connectivity index (χ2v) is 4.32. The lowest BCUT2D eigenvalue weighted by Gasteiger charge is -2.16. The second-order valence-electron chi connectivity index (χ2n) is 3.02.